The molecule has 4 rings (SSSR count). The van der Waals surface area contributed by atoms with Crippen molar-refractivity contribution in [3.8, 4) is 0 Å². The van der Waals surface area contributed by atoms with Gasteiger partial charge in [-0.1, -0.05) is 13.8 Å². The Morgan fingerprint density at radius 2 is 2.05 bits per heavy atom. The minimum Gasteiger partial charge on any atom is -0.412 e. The number of amides is 2. The first-order valence-corrected chi connectivity index (χ1v) is 8.23. The average molecular weight is 310 g/mol. The molecule has 124 valence electrons. The molecule has 0 aromatic rings. The van der Waals surface area contributed by atoms with Crippen molar-refractivity contribution in [1.29, 1.82) is 0 Å². The first kappa shape index (κ1) is 15.7. The molecule has 2 spiro atoms. The number of piperidine rings is 2. The van der Waals surface area contributed by atoms with Crippen LogP contribution in [0.4, 0.5) is 0 Å². The highest BCUT2D eigenvalue weighted by Gasteiger charge is 2.82. The Labute approximate surface area is 130 Å². The topological polar surface area (TPSA) is 98.9 Å². The van der Waals surface area contributed by atoms with Crippen LogP contribution in [-0.2, 0) is 14.3 Å². The molecule has 6 heteroatoms. The summed E-state index contributed by atoms with van der Waals surface area (Å²) in [7, 11) is 0. The van der Waals surface area contributed by atoms with Gasteiger partial charge < -0.3 is 20.8 Å². The fourth-order valence-corrected chi connectivity index (χ4v) is 5.66. The van der Waals surface area contributed by atoms with E-state index in [1.165, 1.54) is 0 Å². The Bertz CT molecular complexity index is 508. The summed E-state index contributed by atoms with van der Waals surface area (Å²) >= 11 is 0. The predicted octanol–water partition coefficient (Wildman–Crippen LogP) is 0.00770. The lowest BCUT2D eigenvalue weighted by atomic mass is 9.38. The van der Waals surface area contributed by atoms with Crippen LogP contribution in [0.1, 0.15) is 39.5 Å². The van der Waals surface area contributed by atoms with Crippen LogP contribution >= 0.6 is 0 Å². The van der Waals surface area contributed by atoms with Gasteiger partial charge in [-0.3, -0.25) is 9.59 Å². The van der Waals surface area contributed by atoms with Crippen LogP contribution in [0, 0.1) is 23.2 Å². The number of carbonyl (C=O) groups is 2. The van der Waals surface area contributed by atoms with Crippen LogP contribution in [0.3, 0.4) is 0 Å². The van der Waals surface area contributed by atoms with E-state index in [1.807, 2.05) is 0 Å². The largest absolute Gasteiger partial charge is 0.412 e. The van der Waals surface area contributed by atoms with Gasteiger partial charge >= 0.3 is 0 Å². The average Bonchev–Trinajstić information content (AvgIpc) is 2.63. The van der Waals surface area contributed by atoms with Crippen LogP contribution < -0.4 is 10.6 Å². The second kappa shape index (κ2) is 4.93. The minimum absolute atomic E-state index is 0. The van der Waals surface area contributed by atoms with Crippen LogP contribution in [-0.4, -0.2) is 42.1 Å². The second-order valence-electron chi connectivity index (χ2n) is 7.61. The molecule has 0 aromatic heterocycles. The Morgan fingerprint density at radius 3 is 2.77 bits per heavy atom. The molecule has 0 aromatic carbocycles. The fourth-order valence-electron chi connectivity index (χ4n) is 5.66. The summed E-state index contributed by atoms with van der Waals surface area (Å²) in [6, 6.07) is 0. The standard InChI is InChI=1S/C16H24N2O3.H2O/c1-9(2)7-12-16-11(3-4-13(19)18-16)10-5-6-17-14(20)15(10,16)8-21-12;/h9-12H,3-8H2,1-2H3,(H,17,20)(H,18,19);1H2/t10-,11+,12-,15+,16-;/m0./s1. The van der Waals surface area contributed by atoms with E-state index < -0.39 is 11.0 Å². The molecule has 3 heterocycles. The first-order valence-electron chi connectivity index (χ1n) is 8.23. The zero-order chi connectivity index (χ0) is 14.8. The highest BCUT2D eigenvalue weighted by Crippen LogP contribution is 2.69. The molecule has 22 heavy (non-hydrogen) atoms. The van der Waals surface area contributed by atoms with E-state index in [4.69, 9.17) is 4.74 Å². The number of hydrogen-bond acceptors (Lipinski definition) is 3. The van der Waals surface area contributed by atoms with Gasteiger partial charge in [0.1, 0.15) is 5.41 Å². The molecule has 0 unspecified atom stereocenters. The van der Waals surface area contributed by atoms with E-state index in [1.54, 1.807) is 0 Å². The third-order valence-corrected chi connectivity index (χ3v) is 6.32. The summed E-state index contributed by atoms with van der Waals surface area (Å²) in [6.07, 6.45) is 3.40. The minimum atomic E-state index is -0.508. The maximum Gasteiger partial charge on any atom is 0.231 e. The zero-order valence-corrected chi connectivity index (χ0v) is 13.3. The van der Waals surface area contributed by atoms with Gasteiger partial charge in [0, 0.05) is 13.0 Å². The lowest BCUT2D eigenvalue weighted by Crippen LogP contribution is -2.85. The maximum atomic E-state index is 12.7. The highest BCUT2D eigenvalue weighted by atomic mass is 16.5. The third-order valence-electron chi connectivity index (χ3n) is 6.32. The summed E-state index contributed by atoms with van der Waals surface area (Å²) in [6.45, 7) is 5.57. The van der Waals surface area contributed by atoms with Crippen molar-refractivity contribution in [2.24, 2.45) is 23.2 Å². The van der Waals surface area contributed by atoms with Gasteiger partial charge in [-0.05, 0) is 37.0 Å². The second-order valence-corrected chi connectivity index (χ2v) is 7.61. The van der Waals surface area contributed by atoms with Crippen molar-refractivity contribution in [2.75, 3.05) is 13.2 Å². The molecule has 1 saturated carbocycles. The van der Waals surface area contributed by atoms with Gasteiger partial charge in [-0.25, -0.2) is 0 Å². The van der Waals surface area contributed by atoms with Gasteiger partial charge in [0.25, 0.3) is 0 Å². The van der Waals surface area contributed by atoms with E-state index in [0.717, 1.165) is 25.8 Å². The van der Waals surface area contributed by atoms with E-state index in [9.17, 15) is 9.59 Å². The predicted molar refractivity (Wildman–Crippen MR) is 80.0 cm³/mol. The molecule has 2 amide bonds. The fraction of sp³-hybridized carbons (Fsp3) is 0.875. The number of hydrogen-bond donors (Lipinski definition) is 2. The molecule has 4 aliphatic rings. The monoisotopic (exact) mass is 310 g/mol. The summed E-state index contributed by atoms with van der Waals surface area (Å²) in [5, 5.41) is 6.26. The number of rotatable bonds is 2. The van der Waals surface area contributed by atoms with Crippen molar-refractivity contribution < 1.29 is 19.8 Å². The molecule has 0 bridgehead atoms. The zero-order valence-electron chi connectivity index (χ0n) is 13.3. The summed E-state index contributed by atoms with van der Waals surface area (Å²) in [5.74, 6) is 1.46. The van der Waals surface area contributed by atoms with Gasteiger partial charge in [-0.2, -0.15) is 0 Å². The van der Waals surface area contributed by atoms with Crippen LogP contribution in [0.15, 0.2) is 0 Å². The van der Waals surface area contributed by atoms with Crippen molar-refractivity contribution >= 4 is 11.8 Å². The normalized spacial score (nSPS) is 45.7. The molecule has 1 aliphatic carbocycles. The van der Waals surface area contributed by atoms with Crippen molar-refractivity contribution in [1.82, 2.24) is 10.6 Å². The molecule has 6 nitrogen and oxygen atoms in total. The Balaban J connectivity index is 0.00000144. The molecule has 4 fully saturated rings. The third kappa shape index (κ3) is 1.57. The number of carbonyl (C=O) groups excluding carboxylic acids is 2. The van der Waals surface area contributed by atoms with Crippen molar-refractivity contribution in [2.45, 2.75) is 51.2 Å². The lowest BCUT2D eigenvalue weighted by Gasteiger charge is -2.68. The number of ether oxygens (including phenoxy) is 1. The summed E-state index contributed by atoms with van der Waals surface area (Å²) < 4.78 is 6.11. The smallest absolute Gasteiger partial charge is 0.231 e. The van der Waals surface area contributed by atoms with Gasteiger partial charge in [0.2, 0.25) is 11.8 Å². The highest BCUT2D eigenvalue weighted by molar-refractivity contribution is 5.91. The Morgan fingerprint density at radius 1 is 1.27 bits per heavy atom. The van der Waals surface area contributed by atoms with Crippen LogP contribution in [0.2, 0.25) is 0 Å². The lowest BCUT2D eigenvalue weighted by molar-refractivity contribution is -0.193. The number of fused-ring (bicyclic) bond motifs is 1. The van der Waals surface area contributed by atoms with Gasteiger partial charge in [0.15, 0.2) is 0 Å². The molecule has 3 aliphatic heterocycles. The molecular weight excluding hydrogens is 284 g/mol. The molecule has 5 atom stereocenters. The Hall–Kier alpha value is -1.14. The number of nitrogens with one attached hydrogen (secondary N) is 2. The Kier molecular flexibility index (Phi) is 3.53. The molecular formula is C16H26N2O4. The first-order chi connectivity index (χ1) is 10.0. The molecule has 4 N–H and O–H groups in total. The maximum absolute atomic E-state index is 12.7. The van der Waals surface area contributed by atoms with Gasteiger partial charge in [0.05, 0.1) is 18.2 Å². The van der Waals surface area contributed by atoms with E-state index in [2.05, 4.69) is 24.5 Å². The van der Waals surface area contributed by atoms with Crippen molar-refractivity contribution in [3.05, 3.63) is 0 Å². The van der Waals surface area contributed by atoms with Gasteiger partial charge in [-0.15, -0.1) is 0 Å². The van der Waals surface area contributed by atoms with Crippen LogP contribution in [0.25, 0.3) is 0 Å². The van der Waals surface area contributed by atoms with E-state index >= 15 is 0 Å². The molecule has 0 radical (unpaired) electrons. The summed E-state index contributed by atoms with van der Waals surface area (Å²) in [4.78, 5) is 24.8. The van der Waals surface area contributed by atoms with E-state index in [0.29, 0.717) is 30.8 Å². The van der Waals surface area contributed by atoms with E-state index in [-0.39, 0.29) is 23.4 Å². The van der Waals surface area contributed by atoms with Crippen LogP contribution in [0.5, 0.6) is 0 Å². The SMILES string of the molecule is CC(C)C[C@@H]1OC[C@]23C(=O)NCC[C@H]2[C@H]2CCC(=O)N[C@]123.O. The molecule has 3 saturated heterocycles. The van der Waals surface area contributed by atoms with Crippen molar-refractivity contribution in [3.63, 3.8) is 0 Å². The quantitative estimate of drug-likeness (QED) is 0.751. The summed E-state index contributed by atoms with van der Waals surface area (Å²) in [5.41, 5.74) is -0.951.